The van der Waals surface area contributed by atoms with Crippen LogP contribution in [-0.4, -0.2) is 30.7 Å². The maximum absolute atomic E-state index is 11.5. The van der Waals surface area contributed by atoms with Gasteiger partial charge in [-0.2, -0.15) is 0 Å². The quantitative estimate of drug-likeness (QED) is 0.481. The van der Waals surface area contributed by atoms with Crippen molar-refractivity contribution in [2.45, 2.75) is 20.0 Å². The molecule has 0 fully saturated rings. The van der Waals surface area contributed by atoms with Gasteiger partial charge in [0, 0.05) is 18.7 Å². The molecule has 0 spiro atoms. The molecule has 1 aromatic rings. The topological polar surface area (TPSA) is 127 Å². The second-order valence-electron chi connectivity index (χ2n) is 4.56. The van der Waals surface area contributed by atoms with Gasteiger partial charge in [-0.25, -0.2) is 0 Å². The van der Waals surface area contributed by atoms with Crippen molar-refractivity contribution in [3.8, 4) is 0 Å². The lowest BCUT2D eigenvalue weighted by Crippen LogP contribution is -2.30. The molecule has 0 aliphatic carbocycles. The molecular weight excluding hydrogens is 272 g/mol. The normalized spacial score (nSPS) is 10.0. The first-order valence-electron chi connectivity index (χ1n) is 6.53. The number of nitrogens with two attached hydrogens (primary N) is 2. The molecule has 21 heavy (non-hydrogen) atoms. The number of Topliss-reactive ketones (excluding diaryl/α,β-unsaturated/α-hetero) is 1. The third-order valence-electron chi connectivity index (χ3n) is 2.81. The van der Waals surface area contributed by atoms with Crippen molar-refractivity contribution in [3.05, 3.63) is 34.9 Å². The molecule has 0 atom stereocenters. The number of hydrogen-bond acceptors (Lipinski definition) is 5. The molecule has 0 radical (unpaired) electrons. The first kappa shape index (κ1) is 16.8. The van der Waals surface area contributed by atoms with Gasteiger partial charge in [-0.15, -0.1) is 0 Å². The van der Waals surface area contributed by atoms with Gasteiger partial charge in [0.15, 0.2) is 5.78 Å². The van der Waals surface area contributed by atoms with Gasteiger partial charge < -0.3 is 22.1 Å². The van der Waals surface area contributed by atoms with Crippen LogP contribution >= 0.6 is 0 Å². The van der Waals surface area contributed by atoms with Gasteiger partial charge in [-0.3, -0.25) is 14.4 Å². The van der Waals surface area contributed by atoms with Crippen molar-refractivity contribution in [1.29, 1.82) is 0 Å². The van der Waals surface area contributed by atoms with Gasteiger partial charge in [0.25, 0.3) is 0 Å². The van der Waals surface area contributed by atoms with E-state index in [1.54, 1.807) is 18.2 Å². The largest absolute Gasteiger partial charge is 0.351 e. The minimum Gasteiger partial charge on any atom is -0.351 e. The fourth-order valence-electron chi connectivity index (χ4n) is 1.72. The van der Waals surface area contributed by atoms with Crippen LogP contribution in [0.5, 0.6) is 0 Å². The molecule has 7 heteroatoms. The highest BCUT2D eigenvalue weighted by atomic mass is 16.2. The summed E-state index contributed by atoms with van der Waals surface area (Å²) in [6, 6.07) is 5.21. The predicted molar refractivity (Wildman–Crippen MR) is 78.2 cm³/mol. The third kappa shape index (κ3) is 5.72. The zero-order valence-corrected chi connectivity index (χ0v) is 11.9. The minimum atomic E-state index is -0.277. The van der Waals surface area contributed by atoms with Crippen LogP contribution in [-0.2, 0) is 22.7 Å². The Labute approximate surface area is 123 Å². The van der Waals surface area contributed by atoms with E-state index in [4.69, 9.17) is 11.5 Å². The molecule has 6 N–H and O–H groups in total. The smallest absolute Gasteiger partial charge is 0.234 e. The summed E-state index contributed by atoms with van der Waals surface area (Å²) in [7, 11) is 0. The highest BCUT2D eigenvalue weighted by Gasteiger charge is 2.07. The number of nitrogens with one attached hydrogen (secondary N) is 2. The van der Waals surface area contributed by atoms with E-state index in [0.717, 1.165) is 11.1 Å². The minimum absolute atomic E-state index is 0.0894. The molecule has 0 aliphatic heterocycles. The average molecular weight is 292 g/mol. The number of carbonyl (C=O) groups excluding carboxylic acids is 3. The van der Waals surface area contributed by atoms with E-state index in [0.29, 0.717) is 5.56 Å². The molecule has 0 saturated carbocycles. The van der Waals surface area contributed by atoms with Crippen molar-refractivity contribution >= 4 is 17.6 Å². The summed E-state index contributed by atoms with van der Waals surface area (Å²) in [5, 5.41) is 5.27. The Morgan fingerprint density at radius 2 is 1.33 bits per heavy atom. The van der Waals surface area contributed by atoms with E-state index in [9.17, 15) is 14.4 Å². The second-order valence-corrected chi connectivity index (χ2v) is 4.56. The Hall–Kier alpha value is -2.25. The highest BCUT2D eigenvalue weighted by molar-refractivity contribution is 5.94. The lowest BCUT2D eigenvalue weighted by molar-refractivity contribution is -0.120. The second kappa shape index (κ2) is 8.13. The summed E-state index contributed by atoms with van der Waals surface area (Å²) >= 11 is 0. The van der Waals surface area contributed by atoms with Crippen LogP contribution in [0.3, 0.4) is 0 Å². The zero-order valence-electron chi connectivity index (χ0n) is 11.9. The van der Waals surface area contributed by atoms with Gasteiger partial charge in [-0.05, 0) is 30.2 Å². The van der Waals surface area contributed by atoms with E-state index in [1.165, 1.54) is 6.92 Å². The summed E-state index contributed by atoms with van der Waals surface area (Å²) in [6.07, 6.45) is 0. The van der Waals surface area contributed by atoms with Crippen LogP contribution in [0.4, 0.5) is 0 Å². The maximum Gasteiger partial charge on any atom is 0.234 e. The Bertz CT molecular complexity index is 505. The molecule has 0 unspecified atom stereocenters. The monoisotopic (exact) mass is 292 g/mol. The molecule has 0 aromatic heterocycles. The summed E-state index contributed by atoms with van der Waals surface area (Å²) in [4.78, 5) is 33.9. The third-order valence-corrected chi connectivity index (χ3v) is 2.81. The Morgan fingerprint density at radius 3 is 1.67 bits per heavy atom. The van der Waals surface area contributed by atoms with Crippen LogP contribution < -0.4 is 22.1 Å². The molecule has 1 rings (SSSR count). The predicted octanol–water partition coefficient (Wildman–Crippen LogP) is -0.961. The SMILES string of the molecule is CC(=O)c1cc(CNC(=O)CN)cc(CNC(=O)CN)c1. The van der Waals surface area contributed by atoms with Crippen molar-refractivity contribution in [2.24, 2.45) is 11.5 Å². The molecule has 2 amide bonds. The summed E-state index contributed by atoms with van der Waals surface area (Å²) in [5.41, 5.74) is 12.5. The van der Waals surface area contributed by atoms with E-state index < -0.39 is 0 Å². The zero-order chi connectivity index (χ0) is 15.8. The first-order chi connectivity index (χ1) is 9.96. The van der Waals surface area contributed by atoms with E-state index in [-0.39, 0.29) is 43.8 Å². The van der Waals surface area contributed by atoms with E-state index in [1.807, 2.05) is 0 Å². The highest BCUT2D eigenvalue weighted by Crippen LogP contribution is 2.11. The standard InChI is InChI=1S/C14H20N4O3/c1-9(19)12-3-10(7-17-13(20)5-15)2-11(4-12)8-18-14(21)6-16/h2-4H,5-8,15-16H2,1H3,(H,17,20)(H,18,21). The molecule has 114 valence electrons. The van der Waals surface area contributed by atoms with Crippen LogP contribution in [0.1, 0.15) is 28.4 Å². The van der Waals surface area contributed by atoms with Gasteiger partial charge >= 0.3 is 0 Å². The van der Waals surface area contributed by atoms with E-state index >= 15 is 0 Å². The molecule has 1 aromatic carbocycles. The summed E-state index contributed by atoms with van der Waals surface area (Å²) < 4.78 is 0. The van der Waals surface area contributed by atoms with Crippen LogP contribution in [0.15, 0.2) is 18.2 Å². The Morgan fingerprint density at radius 1 is 0.905 bits per heavy atom. The van der Waals surface area contributed by atoms with Crippen molar-refractivity contribution in [1.82, 2.24) is 10.6 Å². The number of rotatable bonds is 7. The lowest BCUT2D eigenvalue weighted by atomic mass is 10.0. The maximum atomic E-state index is 11.5. The lowest BCUT2D eigenvalue weighted by Gasteiger charge is -2.10. The van der Waals surface area contributed by atoms with Gasteiger partial charge in [0.1, 0.15) is 0 Å². The van der Waals surface area contributed by atoms with Crippen LogP contribution in [0.25, 0.3) is 0 Å². The number of ketones is 1. The van der Waals surface area contributed by atoms with Gasteiger partial charge in [0.05, 0.1) is 13.1 Å². The van der Waals surface area contributed by atoms with Crippen LogP contribution in [0.2, 0.25) is 0 Å². The van der Waals surface area contributed by atoms with Gasteiger partial charge in [-0.1, -0.05) is 6.07 Å². The molecule has 0 saturated heterocycles. The molecule has 0 aliphatic rings. The first-order valence-corrected chi connectivity index (χ1v) is 6.53. The number of hydrogen-bond donors (Lipinski definition) is 4. The summed E-state index contributed by atoms with van der Waals surface area (Å²) in [5.74, 6) is -0.643. The molecule has 7 nitrogen and oxygen atoms in total. The van der Waals surface area contributed by atoms with Gasteiger partial charge in [0.2, 0.25) is 11.8 Å². The van der Waals surface area contributed by atoms with E-state index in [2.05, 4.69) is 10.6 Å². The van der Waals surface area contributed by atoms with Crippen molar-refractivity contribution in [3.63, 3.8) is 0 Å². The molecule has 0 bridgehead atoms. The van der Waals surface area contributed by atoms with Crippen molar-refractivity contribution in [2.75, 3.05) is 13.1 Å². The Balaban J connectivity index is 2.86. The number of benzene rings is 1. The Kier molecular flexibility index (Phi) is 6.51. The molecular formula is C14H20N4O3. The fourth-order valence-corrected chi connectivity index (χ4v) is 1.72. The summed E-state index contributed by atoms with van der Waals surface area (Å²) in [6.45, 7) is 1.82. The van der Waals surface area contributed by atoms with Crippen molar-refractivity contribution < 1.29 is 14.4 Å². The average Bonchev–Trinajstić information content (AvgIpc) is 2.49. The fraction of sp³-hybridized carbons (Fsp3) is 0.357. The number of amides is 2. The molecule has 0 heterocycles. The van der Waals surface area contributed by atoms with Crippen LogP contribution in [0, 0.1) is 0 Å². The number of carbonyl (C=O) groups is 3.